The number of benzene rings is 1. The molecular formula is C19H22N2O3. The minimum Gasteiger partial charge on any atom is -0.467 e. The number of nitrogens with one attached hydrogen (secondary N) is 1. The molecule has 2 heterocycles. The summed E-state index contributed by atoms with van der Waals surface area (Å²) >= 11 is 0. The Morgan fingerprint density at radius 3 is 2.71 bits per heavy atom. The molecule has 0 unspecified atom stereocenters. The average molecular weight is 326 g/mol. The van der Waals surface area contributed by atoms with E-state index in [2.05, 4.69) is 5.32 Å². The number of aryl methyl sites for hydroxylation is 1. The second kappa shape index (κ2) is 6.91. The standard InChI is InChI=1S/C19H22N2O3/c1-13-5-7-14(8-6-13)18-16(9-10-17(22)21(18)2)19(23)20-12-15-4-3-11-24-15/h3-8,11,16,18H,9-10,12H2,1-2H3,(H,20,23)/t16-,18-/m1/s1. The number of likely N-dealkylation sites (tertiary alicyclic amines) is 1. The molecule has 126 valence electrons. The van der Waals surface area contributed by atoms with Crippen molar-refractivity contribution in [2.24, 2.45) is 5.92 Å². The molecule has 1 aromatic carbocycles. The molecule has 2 atom stereocenters. The number of hydrogen-bond donors (Lipinski definition) is 1. The number of carbonyl (C=O) groups excluding carboxylic acids is 2. The molecule has 0 spiro atoms. The lowest BCUT2D eigenvalue weighted by molar-refractivity contribution is -0.141. The van der Waals surface area contributed by atoms with Crippen LogP contribution in [0.4, 0.5) is 0 Å². The highest BCUT2D eigenvalue weighted by molar-refractivity contribution is 5.84. The summed E-state index contributed by atoms with van der Waals surface area (Å²) in [5.41, 5.74) is 2.15. The maximum Gasteiger partial charge on any atom is 0.225 e. The lowest BCUT2D eigenvalue weighted by atomic mass is 9.83. The zero-order valence-electron chi connectivity index (χ0n) is 14.0. The first-order chi connectivity index (χ1) is 11.6. The summed E-state index contributed by atoms with van der Waals surface area (Å²) in [5.74, 6) is 0.493. The molecule has 24 heavy (non-hydrogen) atoms. The Bertz CT molecular complexity index is 707. The Morgan fingerprint density at radius 1 is 1.29 bits per heavy atom. The van der Waals surface area contributed by atoms with Gasteiger partial charge in [-0.15, -0.1) is 0 Å². The van der Waals surface area contributed by atoms with Gasteiger partial charge in [-0.25, -0.2) is 0 Å². The molecule has 1 aliphatic rings. The molecule has 0 saturated carbocycles. The van der Waals surface area contributed by atoms with Crippen LogP contribution in [-0.2, 0) is 16.1 Å². The zero-order chi connectivity index (χ0) is 17.1. The minimum atomic E-state index is -0.259. The van der Waals surface area contributed by atoms with Crippen molar-refractivity contribution in [1.82, 2.24) is 10.2 Å². The molecular weight excluding hydrogens is 304 g/mol. The van der Waals surface area contributed by atoms with E-state index in [9.17, 15) is 9.59 Å². The van der Waals surface area contributed by atoms with Crippen LogP contribution in [0.3, 0.4) is 0 Å². The first-order valence-electron chi connectivity index (χ1n) is 8.18. The summed E-state index contributed by atoms with van der Waals surface area (Å²) in [5, 5.41) is 2.93. The number of nitrogens with zero attached hydrogens (tertiary/aromatic N) is 1. The van der Waals surface area contributed by atoms with E-state index in [4.69, 9.17) is 4.42 Å². The van der Waals surface area contributed by atoms with Crippen molar-refractivity contribution in [2.75, 3.05) is 7.05 Å². The maximum atomic E-state index is 12.7. The van der Waals surface area contributed by atoms with Gasteiger partial charge >= 0.3 is 0 Å². The Labute approximate surface area is 141 Å². The average Bonchev–Trinajstić information content (AvgIpc) is 3.09. The molecule has 1 fully saturated rings. The summed E-state index contributed by atoms with van der Waals surface area (Å²) in [6, 6.07) is 11.4. The van der Waals surface area contributed by atoms with E-state index in [0.29, 0.717) is 19.4 Å². The first-order valence-corrected chi connectivity index (χ1v) is 8.18. The molecule has 3 rings (SSSR count). The van der Waals surface area contributed by atoms with Crippen LogP contribution in [0, 0.1) is 12.8 Å². The fourth-order valence-corrected chi connectivity index (χ4v) is 3.25. The van der Waals surface area contributed by atoms with Crippen LogP contribution in [0.15, 0.2) is 47.1 Å². The molecule has 0 radical (unpaired) electrons. The topological polar surface area (TPSA) is 62.6 Å². The zero-order valence-corrected chi connectivity index (χ0v) is 14.0. The molecule has 1 aromatic heterocycles. The lowest BCUT2D eigenvalue weighted by Gasteiger charge is -2.38. The van der Waals surface area contributed by atoms with Gasteiger partial charge in [-0.2, -0.15) is 0 Å². The van der Waals surface area contributed by atoms with Crippen molar-refractivity contribution < 1.29 is 14.0 Å². The molecule has 2 amide bonds. The third kappa shape index (κ3) is 3.35. The Hall–Kier alpha value is -2.56. The van der Waals surface area contributed by atoms with Gasteiger partial charge in [0.1, 0.15) is 5.76 Å². The highest BCUT2D eigenvalue weighted by Gasteiger charge is 2.38. The Balaban J connectivity index is 1.79. The van der Waals surface area contributed by atoms with E-state index < -0.39 is 0 Å². The summed E-state index contributed by atoms with van der Waals surface area (Å²) in [6.07, 6.45) is 2.55. The fourth-order valence-electron chi connectivity index (χ4n) is 3.25. The van der Waals surface area contributed by atoms with Crippen molar-refractivity contribution in [2.45, 2.75) is 32.4 Å². The summed E-state index contributed by atoms with van der Waals surface area (Å²) in [7, 11) is 1.78. The Kier molecular flexibility index (Phi) is 4.69. The lowest BCUT2D eigenvalue weighted by Crippen LogP contribution is -2.46. The van der Waals surface area contributed by atoms with Crippen LogP contribution in [0.25, 0.3) is 0 Å². The molecule has 2 aromatic rings. The number of hydrogen-bond acceptors (Lipinski definition) is 3. The van der Waals surface area contributed by atoms with Crippen molar-refractivity contribution in [3.63, 3.8) is 0 Å². The van der Waals surface area contributed by atoms with Gasteiger partial charge in [0.05, 0.1) is 24.8 Å². The van der Waals surface area contributed by atoms with Gasteiger partial charge in [0.2, 0.25) is 11.8 Å². The van der Waals surface area contributed by atoms with E-state index >= 15 is 0 Å². The number of furan rings is 1. The van der Waals surface area contributed by atoms with Crippen LogP contribution in [0.1, 0.15) is 35.8 Å². The fraction of sp³-hybridized carbons (Fsp3) is 0.368. The van der Waals surface area contributed by atoms with Crippen LogP contribution in [0.2, 0.25) is 0 Å². The number of piperidine rings is 1. The van der Waals surface area contributed by atoms with Gasteiger partial charge < -0.3 is 14.6 Å². The summed E-state index contributed by atoms with van der Waals surface area (Å²) in [6.45, 7) is 2.38. The Morgan fingerprint density at radius 2 is 2.04 bits per heavy atom. The highest BCUT2D eigenvalue weighted by Crippen LogP contribution is 2.36. The van der Waals surface area contributed by atoms with Gasteiger partial charge in [0.15, 0.2) is 0 Å². The van der Waals surface area contributed by atoms with Crippen LogP contribution < -0.4 is 5.32 Å². The predicted octanol–water partition coefficient (Wildman–Crippen LogP) is 2.81. The van der Waals surface area contributed by atoms with E-state index in [0.717, 1.165) is 16.9 Å². The van der Waals surface area contributed by atoms with Gasteiger partial charge in [-0.3, -0.25) is 9.59 Å². The van der Waals surface area contributed by atoms with E-state index in [1.807, 2.05) is 37.3 Å². The second-order valence-electron chi connectivity index (χ2n) is 6.30. The van der Waals surface area contributed by atoms with Crippen LogP contribution >= 0.6 is 0 Å². The number of carbonyl (C=O) groups is 2. The number of amides is 2. The SMILES string of the molecule is Cc1ccc([C@@H]2[C@H](C(=O)NCc3ccco3)CCC(=O)N2C)cc1. The maximum absolute atomic E-state index is 12.7. The van der Waals surface area contributed by atoms with Gasteiger partial charge in [-0.1, -0.05) is 29.8 Å². The van der Waals surface area contributed by atoms with Crippen LogP contribution in [-0.4, -0.2) is 23.8 Å². The van der Waals surface area contributed by atoms with Gasteiger partial charge in [0.25, 0.3) is 0 Å². The van der Waals surface area contributed by atoms with Crippen molar-refractivity contribution in [3.05, 3.63) is 59.5 Å². The number of rotatable bonds is 4. The van der Waals surface area contributed by atoms with Crippen LogP contribution in [0.5, 0.6) is 0 Å². The monoisotopic (exact) mass is 326 g/mol. The molecule has 0 aliphatic carbocycles. The summed E-state index contributed by atoms with van der Waals surface area (Å²) in [4.78, 5) is 26.5. The normalized spacial score (nSPS) is 20.9. The predicted molar refractivity (Wildman–Crippen MR) is 90.0 cm³/mol. The minimum absolute atomic E-state index is 0.0451. The third-order valence-corrected chi connectivity index (χ3v) is 4.63. The molecule has 5 nitrogen and oxygen atoms in total. The van der Waals surface area contributed by atoms with E-state index in [-0.39, 0.29) is 23.8 Å². The van der Waals surface area contributed by atoms with Gasteiger partial charge in [-0.05, 0) is 31.0 Å². The highest BCUT2D eigenvalue weighted by atomic mass is 16.3. The molecule has 1 aliphatic heterocycles. The largest absolute Gasteiger partial charge is 0.467 e. The first kappa shape index (κ1) is 16.3. The quantitative estimate of drug-likeness (QED) is 0.940. The van der Waals surface area contributed by atoms with E-state index in [1.165, 1.54) is 0 Å². The smallest absolute Gasteiger partial charge is 0.225 e. The molecule has 0 bridgehead atoms. The third-order valence-electron chi connectivity index (χ3n) is 4.63. The molecule has 1 saturated heterocycles. The van der Waals surface area contributed by atoms with Gasteiger partial charge in [0, 0.05) is 13.5 Å². The second-order valence-corrected chi connectivity index (χ2v) is 6.30. The molecule has 1 N–H and O–H groups in total. The van der Waals surface area contributed by atoms with Crippen molar-refractivity contribution in [1.29, 1.82) is 0 Å². The van der Waals surface area contributed by atoms with E-state index in [1.54, 1.807) is 24.3 Å². The summed E-state index contributed by atoms with van der Waals surface area (Å²) < 4.78 is 5.25. The molecule has 5 heteroatoms. The van der Waals surface area contributed by atoms with Crippen molar-refractivity contribution in [3.8, 4) is 0 Å². The van der Waals surface area contributed by atoms with Crippen molar-refractivity contribution >= 4 is 11.8 Å².